The summed E-state index contributed by atoms with van der Waals surface area (Å²) >= 11 is 6.20. The van der Waals surface area contributed by atoms with Gasteiger partial charge in [-0.25, -0.2) is 0 Å². The predicted octanol–water partition coefficient (Wildman–Crippen LogP) is 4.27. The topological polar surface area (TPSA) is 67.8 Å². The molecule has 5 atom stereocenters. The molecule has 1 saturated heterocycles. The average Bonchev–Trinajstić information content (AvgIpc) is 3.37. The number of esters is 1. The highest BCUT2D eigenvalue weighted by Crippen LogP contribution is 2.43. The molecule has 0 radical (unpaired) electrons. The molecule has 2 aliphatic heterocycles. The number of benzene rings is 1. The monoisotopic (exact) mass is 441 g/mol. The molecular weight excluding hydrogens is 414 g/mol. The van der Waals surface area contributed by atoms with E-state index in [0.29, 0.717) is 25.0 Å². The fraction of sp³-hybridized carbons (Fsp3) is 0.560. The summed E-state index contributed by atoms with van der Waals surface area (Å²) in [5, 5.41) is 15.4. The Morgan fingerprint density at radius 3 is 2.94 bits per heavy atom. The van der Waals surface area contributed by atoms with E-state index in [4.69, 9.17) is 21.1 Å². The van der Waals surface area contributed by atoms with Gasteiger partial charge in [0.1, 0.15) is 30.6 Å². The molecule has 6 rings (SSSR count). The van der Waals surface area contributed by atoms with E-state index in [0.717, 1.165) is 59.6 Å². The van der Waals surface area contributed by atoms with Crippen LogP contribution in [-0.4, -0.2) is 29.3 Å². The van der Waals surface area contributed by atoms with Crippen LogP contribution in [0.3, 0.4) is 0 Å². The van der Waals surface area contributed by atoms with Gasteiger partial charge < -0.3 is 19.9 Å². The molecule has 0 aromatic heterocycles. The molecule has 31 heavy (non-hydrogen) atoms. The number of allylic oxidation sites excluding steroid dienone is 3. The van der Waals surface area contributed by atoms with Crippen molar-refractivity contribution in [2.75, 3.05) is 0 Å². The van der Waals surface area contributed by atoms with Crippen molar-refractivity contribution in [2.24, 2.45) is 5.92 Å². The highest BCUT2D eigenvalue weighted by Gasteiger charge is 2.42. The second-order valence-corrected chi connectivity index (χ2v) is 10.1. The Morgan fingerprint density at radius 2 is 2.06 bits per heavy atom. The van der Waals surface area contributed by atoms with Gasteiger partial charge in [-0.05, 0) is 85.3 Å². The van der Waals surface area contributed by atoms with E-state index in [1.165, 1.54) is 24.0 Å². The Kier molecular flexibility index (Phi) is 4.89. The Bertz CT molecular complexity index is 987. The number of carbonyl (C=O) groups excluding carboxylic acids is 1. The highest BCUT2D eigenvalue weighted by molar-refractivity contribution is 6.30. The molecule has 0 amide bonds. The molecule has 1 aromatic carbocycles. The predicted molar refractivity (Wildman–Crippen MR) is 117 cm³/mol. The number of hydrogen-bond acceptors (Lipinski definition) is 5. The Hall–Kier alpha value is -1.82. The largest absolute Gasteiger partial charge is 0.489 e. The van der Waals surface area contributed by atoms with Crippen LogP contribution < -0.4 is 5.32 Å². The first-order chi connectivity index (χ1) is 15.1. The van der Waals surface area contributed by atoms with E-state index in [-0.39, 0.29) is 12.0 Å². The summed E-state index contributed by atoms with van der Waals surface area (Å²) in [4.78, 5) is 12.8. The van der Waals surface area contributed by atoms with Crippen LogP contribution in [-0.2, 0) is 27.3 Å². The maximum atomic E-state index is 12.8. The van der Waals surface area contributed by atoms with Crippen molar-refractivity contribution in [1.82, 2.24) is 5.32 Å². The van der Waals surface area contributed by atoms with Crippen LogP contribution >= 0.6 is 11.6 Å². The quantitative estimate of drug-likeness (QED) is 0.671. The van der Waals surface area contributed by atoms with Crippen molar-refractivity contribution in [3.05, 3.63) is 51.3 Å². The zero-order chi connectivity index (χ0) is 21.1. The van der Waals surface area contributed by atoms with Crippen LogP contribution in [0.1, 0.15) is 73.3 Å². The number of aliphatic hydroxyl groups is 1. The van der Waals surface area contributed by atoms with Crippen LogP contribution in [0.4, 0.5) is 0 Å². The van der Waals surface area contributed by atoms with Gasteiger partial charge in [0, 0.05) is 16.6 Å². The van der Waals surface area contributed by atoms with Crippen molar-refractivity contribution in [3.8, 4) is 0 Å². The molecule has 164 valence electrons. The first-order valence-electron chi connectivity index (χ1n) is 11.6. The third-order valence-corrected chi connectivity index (χ3v) is 8.10. The summed E-state index contributed by atoms with van der Waals surface area (Å²) in [7, 11) is 0. The molecule has 5 aliphatic rings. The summed E-state index contributed by atoms with van der Waals surface area (Å²) in [6, 6.07) is 4.50. The molecule has 2 N–H and O–H groups in total. The second-order valence-electron chi connectivity index (χ2n) is 9.64. The van der Waals surface area contributed by atoms with Crippen LogP contribution in [0.25, 0.3) is 5.57 Å². The maximum absolute atomic E-state index is 12.8. The third kappa shape index (κ3) is 3.42. The van der Waals surface area contributed by atoms with E-state index in [9.17, 15) is 9.90 Å². The summed E-state index contributed by atoms with van der Waals surface area (Å²) in [5.41, 5.74) is 5.51. The molecule has 1 aromatic rings. The maximum Gasteiger partial charge on any atom is 0.323 e. The lowest BCUT2D eigenvalue weighted by Crippen LogP contribution is -2.40. The Morgan fingerprint density at radius 1 is 1.16 bits per heavy atom. The molecule has 5 nitrogen and oxygen atoms in total. The molecule has 0 bridgehead atoms. The van der Waals surface area contributed by atoms with Gasteiger partial charge in [0.15, 0.2) is 0 Å². The summed E-state index contributed by atoms with van der Waals surface area (Å²) in [6.07, 6.45) is 8.25. The molecular formula is C25H28ClNO4. The summed E-state index contributed by atoms with van der Waals surface area (Å²) < 4.78 is 11.8. The average molecular weight is 442 g/mol. The number of halogens is 1. The minimum Gasteiger partial charge on any atom is -0.489 e. The van der Waals surface area contributed by atoms with Crippen molar-refractivity contribution < 1.29 is 19.4 Å². The molecule has 3 aliphatic carbocycles. The number of aryl methyl sites for hydroxylation is 1. The number of nitrogens with one attached hydrogen (secondary N) is 1. The SMILES string of the molecule is O=C(OC1CCc2cc3c(cc2C1O)COC1=C3CCC(Cl)=C1)C1CC2CCCC2N1. The number of ether oxygens (including phenoxy) is 2. The Balaban J connectivity index is 1.21. The third-order valence-electron chi connectivity index (χ3n) is 7.81. The van der Waals surface area contributed by atoms with Crippen LogP contribution in [0.5, 0.6) is 0 Å². The molecule has 6 heteroatoms. The van der Waals surface area contributed by atoms with Gasteiger partial charge >= 0.3 is 5.97 Å². The second kappa shape index (κ2) is 7.65. The van der Waals surface area contributed by atoms with E-state index in [1.807, 2.05) is 6.08 Å². The zero-order valence-corrected chi connectivity index (χ0v) is 18.3. The first kappa shape index (κ1) is 19.8. The number of carbonyl (C=O) groups is 1. The van der Waals surface area contributed by atoms with Crippen molar-refractivity contribution in [2.45, 2.75) is 82.3 Å². The number of aliphatic hydroxyl groups excluding tert-OH is 1. The molecule has 2 heterocycles. The molecule has 1 saturated carbocycles. The first-order valence-corrected chi connectivity index (χ1v) is 12.0. The van der Waals surface area contributed by atoms with Gasteiger partial charge in [-0.1, -0.05) is 24.1 Å². The molecule has 2 fully saturated rings. The molecule has 5 unspecified atom stereocenters. The smallest absolute Gasteiger partial charge is 0.323 e. The standard InChI is InChI=1S/C25H28ClNO4/c26-16-5-6-17-18-8-13-4-7-22(24(28)19(13)9-15(18)12-30-23(17)11-16)31-25(29)21-10-14-2-1-3-20(14)27-21/h8-9,11,14,20-22,24,27-28H,1-7,10,12H2. The summed E-state index contributed by atoms with van der Waals surface area (Å²) in [5.74, 6) is 1.27. The number of rotatable bonds is 2. The van der Waals surface area contributed by atoms with E-state index < -0.39 is 12.2 Å². The van der Waals surface area contributed by atoms with Gasteiger partial charge in [0.05, 0.1) is 0 Å². The van der Waals surface area contributed by atoms with Crippen molar-refractivity contribution in [1.29, 1.82) is 0 Å². The van der Waals surface area contributed by atoms with Gasteiger partial charge in [-0.3, -0.25) is 4.79 Å². The lowest BCUT2D eigenvalue weighted by Gasteiger charge is -2.33. The van der Waals surface area contributed by atoms with E-state index in [1.54, 1.807) is 0 Å². The van der Waals surface area contributed by atoms with Crippen molar-refractivity contribution >= 4 is 23.1 Å². The Labute approximate surface area is 187 Å². The lowest BCUT2D eigenvalue weighted by molar-refractivity contribution is -0.158. The normalized spacial score (nSPS) is 33.6. The van der Waals surface area contributed by atoms with Gasteiger partial charge in [0.2, 0.25) is 0 Å². The van der Waals surface area contributed by atoms with Crippen LogP contribution in [0.2, 0.25) is 0 Å². The van der Waals surface area contributed by atoms with E-state index >= 15 is 0 Å². The van der Waals surface area contributed by atoms with Crippen LogP contribution in [0.15, 0.2) is 29.0 Å². The van der Waals surface area contributed by atoms with Gasteiger partial charge in [-0.2, -0.15) is 0 Å². The molecule has 0 spiro atoms. The number of hydrogen-bond donors (Lipinski definition) is 2. The minimum absolute atomic E-state index is 0.205. The zero-order valence-electron chi connectivity index (χ0n) is 17.5. The van der Waals surface area contributed by atoms with Crippen molar-refractivity contribution in [3.63, 3.8) is 0 Å². The number of fused-ring (bicyclic) bond motifs is 4. The summed E-state index contributed by atoms with van der Waals surface area (Å²) in [6.45, 7) is 0.466. The highest BCUT2D eigenvalue weighted by atomic mass is 35.5. The fourth-order valence-electron chi connectivity index (χ4n) is 6.16. The lowest BCUT2D eigenvalue weighted by atomic mass is 9.81. The fourth-order valence-corrected chi connectivity index (χ4v) is 6.36. The van der Waals surface area contributed by atoms with Gasteiger partial charge in [-0.15, -0.1) is 0 Å². The minimum atomic E-state index is -0.796. The van der Waals surface area contributed by atoms with Crippen LogP contribution in [0, 0.1) is 5.92 Å². The van der Waals surface area contributed by atoms with Gasteiger partial charge in [0.25, 0.3) is 0 Å². The van der Waals surface area contributed by atoms with E-state index in [2.05, 4.69) is 17.4 Å².